The Morgan fingerprint density at radius 2 is 1.92 bits per heavy atom. The van der Waals surface area contributed by atoms with Gasteiger partial charge in [0.25, 0.3) is 6.47 Å². The lowest BCUT2D eigenvalue weighted by atomic mass is 9.83. The second-order valence-corrected chi connectivity index (χ2v) is 10.7. The number of unbranched alkanes of at least 4 members (excludes halogenated alkanes) is 1. The van der Waals surface area contributed by atoms with E-state index in [2.05, 4.69) is 27.7 Å². The molecular weight excluding hydrogens is 456 g/mol. The number of piperidine rings is 1. The summed E-state index contributed by atoms with van der Waals surface area (Å²) in [7, 11) is 0. The summed E-state index contributed by atoms with van der Waals surface area (Å²) in [4.78, 5) is 27.5. The van der Waals surface area contributed by atoms with E-state index in [0.717, 1.165) is 44.0 Å². The minimum absolute atomic E-state index is 0.0418. The molecule has 4 aliphatic rings. The lowest BCUT2D eigenvalue weighted by Gasteiger charge is -2.26. The van der Waals surface area contributed by atoms with Crippen molar-refractivity contribution in [3.8, 4) is 0 Å². The number of pyridine rings is 1. The number of fused-ring (bicyclic) bond motifs is 3. The molecule has 3 fully saturated rings. The van der Waals surface area contributed by atoms with Crippen molar-refractivity contribution in [1.82, 2.24) is 15.2 Å². The lowest BCUT2D eigenvalue weighted by Crippen LogP contribution is -2.39. The number of aliphatic hydroxyl groups excluding tert-OH is 1. The topological polar surface area (TPSA) is 115 Å². The Balaban J connectivity index is 0.000000194. The van der Waals surface area contributed by atoms with E-state index in [9.17, 15) is 4.79 Å². The summed E-state index contributed by atoms with van der Waals surface area (Å²) < 4.78 is 0. The highest BCUT2D eigenvalue weighted by Crippen LogP contribution is 2.54. The summed E-state index contributed by atoms with van der Waals surface area (Å²) in [6, 6.07) is 4.50. The van der Waals surface area contributed by atoms with Gasteiger partial charge < -0.3 is 25.7 Å². The molecule has 2 aliphatic carbocycles. The SMILES string of the molecule is O=C(NCCO)C12CCC(CC1)C2.O=CO.c1cc2c(nc1CCCCN1CCCCC1)NCCC2. The maximum Gasteiger partial charge on any atom is 0.290 e. The summed E-state index contributed by atoms with van der Waals surface area (Å²) in [6.45, 7) is 5.21. The number of likely N-dealkylation sites (tertiary alicyclic amines) is 1. The molecule has 0 atom stereocenters. The zero-order chi connectivity index (χ0) is 25.6. The quantitative estimate of drug-likeness (QED) is 0.317. The standard InChI is InChI=1S/C17H27N3.C10H17NO2.CH2O2/c1-3-12-20(13-4-1)14-5-2-8-16-10-9-15-7-6-11-18-17(15)19-16;12-6-5-11-9(13)10-3-1-8(7-10)2-4-10;2-1-3/h9-10H,1-8,11-14H2,(H,18,19);8,12H,1-7H2,(H,11,13);1H,(H,2,3). The lowest BCUT2D eigenvalue weighted by molar-refractivity contribution is -0.130. The van der Waals surface area contributed by atoms with E-state index >= 15 is 0 Å². The first-order valence-electron chi connectivity index (χ1n) is 14.0. The number of aliphatic hydroxyl groups is 1. The molecule has 2 bridgehead atoms. The molecule has 3 heterocycles. The van der Waals surface area contributed by atoms with Gasteiger partial charge in [0.1, 0.15) is 5.82 Å². The molecule has 2 aliphatic heterocycles. The van der Waals surface area contributed by atoms with Crippen molar-refractivity contribution >= 4 is 18.2 Å². The molecule has 1 amide bonds. The van der Waals surface area contributed by atoms with Crippen LogP contribution in [0.25, 0.3) is 0 Å². The van der Waals surface area contributed by atoms with Crippen LogP contribution < -0.4 is 10.6 Å². The van der Waals surface area contributed by atoms with Crippen molar-refractivity contribution in [3.63, 3.8) is 0 Å². The molecule has 8 nitrogen and oxygen atoms in total. The first kappa shape index (κ1) is 28.4. The van der Waals surface area contributed by atoms with Gasteiger partial charge in [-0.3, -0.25) is 9.59 Å². The number of hydrogen-bond acceptors (Lipinski definition) is 6. The van der Waals surface area contributed by atoms with E-state index in [1.807, 2.05) is 0 Å². The van der Waals surface area contributed by atoms with Crippen LogP contribution in [0.3, 0.4) is 0 Å². The highest BCUT2D eigenvalue weighted by molar-refractivity contribution is 5.83. The van der Waals surface area contributed by atoms with E-state index in [1.165, 1.54) is 88.7 Å². The number of carbonyl (C=O) groups is 2. The van der Waals surface area contributed by atoms with Crippen LogP contribution in [0, 0.1) is 11.3 Å². The second-order valence-electron chi connectivity index (χ2n) is 10.7. The number of rotatable bonds is 8. The van der Waals surface area contributed by atoms with E-state index in [0.29, 0.717) is 6.54 Å². The van der Waals surface area contributed by atoms with Crippen LogP contribution >= 0.6 is 0 Å². The molecule has 5 rings (SSSR count). The molecule has 0 unspecified atom stereocenters. The molecule has 36 heavy (non-hydrogen) atoms. The Bertz CT molecular complexity index is 805. The fourth-order valence-corrected chi connectivity index (χ4v) is 6.20. The van der Waals surface area contributed by atoms with Crippen molar-refractivity contribution in [1.29, 1.82) is 0 Å². The maximum atomic E-state index is 11.8. The Morgan fingerprint density at radius 3 is 2.58 bits per heavy atom. The number of aryl methyl sites for hydroxylation is 2. The van der Waals surface area contributed by atoms with Crippen LogP contribution in [0.1, 0.15) is 81.9 Å². The first-order chi connectivity index (χ1) is 17.6. The summed E-state index contributed by atoms with van der Waals surface area (Å²) in [5.74, 6) is 2.13. The summed E-state index contributed by atoms with van der Waals surface area (Å²) in [5.41, 5.74) is 2.62. The second kappa shape index (κ2) is 15.2. The van der Waals surface area contributed by atoms with Gasteiger partial charge in [-0.15, -0.1) is 0 Å². The van der Waals surface area contributed by atoms with Gasteiger partial charge in [-0.1, -0.05) is 12.5 Å². The normalized spacial score (nSPS) is 24.3. The van der Waals surface area contributed by atoms with Gasteiger partial charge >= 0.3 is 0 Å². The van der Waals surface area contributed by atoms with E-state index in [4.69, 9.17) is 20.0 Å². The molecule has 202 valence electrons. The van der Waals surface area contributed by atoms with Crippen LogP contribution in [-0.2, 0) is 22.4 Å². The third kappa shape index (κ3) is 8.44. The molecular formula is C28H46N4O4. The molecule has 1 aromatic heterocycles. The van der Waals surface area contributed by atoms with Gasteiger partial charge in [0.2, 0.25) is 5.91 Å². The maximum absolute atomic E-state index is 11.8. The highest BCUT2D eigenvalue weighted by Gasteiger charge is 2.49. The third-order valence-corrected chi connectivity index (χ3v) is 8.18. The Hall–Kier alpha value is -2.19. The number of nitrogens with zero attached hydrogens (tertiary/aromatic N) is 2. The van der Waals surface area contributed by atoms with Crippen LogP contribution in [0.4, 0.5) is 5.82 Å². The zero-order valence-electron chi connectivity index (χ0n) is 21.8. The Kier molecular flexibility index (Phi) is 11.9. The van der Waals surface area contributed by atoms with Crippen molar-refractivity contribution < 1.29 is 19.8 Å². The molecule has 1 saturated heterocycles. The monoisotopic (exact) mass is 502 g/mol. The average molecular weight is 503 g/mol. The van der Waals surface area contributed by atoms with Crippen molar-refractivity contribution in [2.75, 3.05) is 44.6 Å². The van der Waals surface area contributed by atoms with Gasteiger partial charge in [-0.05, 0) is 114 Å². The van der Waals surface area contributed by atoms with Crippen molar-refractivity contribution in [2.24, 2.45) is 11.3 Å². The Labute approximate surface area is 216 Å². The minimum atomic E-state index is -0.250. The van der Waals surface area contributed by atoms with Gasteiger partial charge in [-0.2, -0.15) is 0 Å². The molecule has 0 aromatic carbocycles. The fraction of sp³-hybridized carbons (Fsp3) is 0.750. The van der Waals surface area contributed by atoms with E-state index in [-0.39, 0.29) is 24.4 Å². The molecule has 8 heteroatoms. The number of nitrogens with one attached hydrogen (secondary N) is 2. The van der Waals surface area contributed by atoms with Gasteiger partial charge in [0.05, 0.1) is 6.61 Å². The highest BCUT2D eigenvalue weighted by atomic mass is 16.3. The number of hydrogen-bond donors (Lipinski definition) is 4. The molecule has 2 saturated carbocycles. The fourth-order valence-electron chi connectivity index (χ4n) is 6.20. The summed E-state index contributed by atoms with van der Waals surface area (Å²) in [5, 5.41) is 21.7. The number of carboxylic acid groups (broad SMARTS) is 1. The Morgan fingerprint density at radius 1 is 1.17 bits per heavy atom. The minimum Gasteiger partial charge on any atom is -0.483 e. The van der Waals surface area contributed by atoms with Crippen LogP contribution in [0.15, 0.2) is 12.1 Å². The third-order valence-electron chi connectivity index (χ3n) is 8.18. The van der Waals surface area contributed by atoms with Crippen molar-refractivity contribution in [2.45, 2.75) is 83.5 Å². The molecule has 4 N–H and O–H groups in total. The average Bonchev–Trinajstić information content (AvgIpc) is 3.54. The zero-order valence-corrected chi connectivity index (χ0v) is 21.8. The van der Waals surface area contributed by atoms with Gasteiger partial charge in [-0.25, -0.2) is 4.98 Å². The summed E-state index contributed by atoms with van der Waals surface area (Å²) >= 11 is 0. The number of anilines is 1. The van der Waals surface area contributed by atoms with E-state index < -0.39 is 0 Å². The molecule has 0 spiro atoms. The smallest absolute Gasteiger partial charge is 0.290 e. The molecule has 1 aromatic rings. The van der Waals surface area contributed by atoms with Crippen molar-refractivity contribution in [3.05, 3.63) is 23.4 Å². The number of amides is 1. The van der Waals surface area contributed by atoms with Crippen LogP contribution in [0.2, 0.25) is 0 Å². The molecule has 0 radical (unpaired) electrons. The van der Waals surface area contributed by atoms with E-state index in [1.54, 1.807) is 0 Å². The van der Waals surface area contributed by atoms with Gasteiger partial charge in [0, 0.05) is 24.2 Å². The predicted octanol–water partition coefficient (Wildman–Crippen LogP) is 3.62. The largest absolute Gasteiger partial charge is 0.483 e. The first-order valence-corrected chi connectivity index (χ1v) is 14.0. The van der Waals surface area contributed by atoms with Crippen LogP contribution in [-0.4, -0.2) is 71.8 Å². The summed E-state index contributed by atoms with van der Waals surface area (Å²) in [6.07, 6.45) is 16.0. The van der Waals surface area contributed by atoms with Gasteiger partial charge in [0.15, 0.2) is 0 Å². The number of carbonyl (C=O) groups excluding carboxylic acids is 1. The predicted molar refractivity (Wildman–Crippen MR) is 142 cm³/mol. The van der Waals surface area contributed by atoms with Crippen LogP contribution in [0.5, 0.6) is 0 Å². The number of aromatic nitrogens is 1.